The van der Waals surface area contributed by atoms with Crippen molar-refractivity contribution in [3.63, 3.8) is 0 Å². The van der Waals surface area contributed by atoms with Crippen molar-refractivity contribution in [2.75, 3.05) is 5.32 Å². The standard InChI is InChI=1S/C11H9FN2O3S/c12-9-4-8(1-2-10(9)15)13-5-7-3-11(14(16)17)18-6-7/h1-4,6,13,15H,5H2. The van der Waals surface area contributed by atoms with E-state index in [4.69, 9.17) is 5.11 Å². The van der Waals surface area contributed by atoms with Crippen LogP contribution in [0.5, 0.6) is 5.75 Å². The summed E-state index contributed by atoms with van der Waals surface area (Å²) in [5, 5.41) is 24.2. The summed E-state index contributed by atoms with van der Waals surface area (Å²) < 4.78 is 13.0. The minimum atomic E-state index is -0.712. The molecule has 0 saturated carbocycles. The first-order chi connectivity index (χ1) is 8.56. The zero-order valence-electron chi connectivity index (χ0n) is 9.09. The van der Waals surface area contributed by atoms with Crippen LogP contribution < -0.4 is 5.32 Å². The van der Waals surface area contributed by atoms with Crippen molar-refractivity contribution < 1.29 is 14.4 Å². The maximum atomic E-state index is 13.0. The second-order valence-electron chi connectivity index (χ2n) is 3.57. The van der Waals surface area contributed by atoms with Crippen molar-refractivity contribution in [3.8, 4) is 5.75 Å². The Morgan fingerprint density at radius 3 is 2.83 bits per heavy atom. The van der Waals surface area contributed by atoms with Gasteiger partial charge in [0.25, 0.3) is 0 Å². The number of aromatic hydroxyl groups is 1. The highest BCUT2D eigenvalue weighted by molar-refractivity contribution is 7.13. The maximum Gasteiger partial charge on any atom is 0.324 e. The lowest BCUT2D eigenvalue weighted by atomic mass is 10.2. The number of phenols is 1. The number of phenolic OH excluding ortho intramolecular Hbond substituents is 1. The summed E-state index contributed by atoms with van der Waals surface area (Å²) in [6.45, 7) is 0.356. The molecule has 18 heavy (non-hydrogen) atoms. The SMILES string of the molecule is O=[N+]([O-])c1cc(CNc2ccc(O)c(F)c2)cs1. The zero-order valence-corrected chi connectivity index (χ0v) is 9.91. The molecule has 0 bridgehead atoms. The first-order valence-electron chi connectivity index (χ1n) is 5.00. The van der Waals surface area contributed by atoms with Gasteiger partial charge in [-0.15, -0.1) is 0 Å². The monoisotopic (exact) mass is 268 g/mol. The van der Waals surface area contributed by atoms with Crippen LogP contribution in [0.4, 0.5) is 15.1 Å². The molecule has 0 unspecified atom stereocenters. The maximum absolute atomic E-state index is 13.0. The number of thiophene rings is 1. The fraction of sp³-hybridized carbons (Fsp3) is 0.0909. The summed E-state index contributed by atoms with van der Waals surface area (Å²) in [6.07, 6.45) is 0. The normalized spacial score (nSPS) is 10.3. The number of nitrogens with zero attached hydrogens (tertiary/aromatic N) is 1. The molecule has 2 N–H and O–H groups in total. The highest BCUT2D eigenvalue weighted by Gasteiger charge is 2.09. The molecule has 0 saturated heterocycles. The van der Waals surface area contributed by atoms with Crippen molar-refractivity contribution in [3.05, 3.63) is 51.1 Å². The van der Waals surface area contributed by atoms with Crippen molar-refractivity contribution >= 4 is 22.0 Å². The van der Waals surface area contributed by atoms with Crippen LogP contribution in [0.3, 0.4) is 0 Å². The van der Waals surface area contributed by atoms with Crippen LogP contribution in [0.15, 0.2) is 29.6 Å². The molecular formula is C11H9FN2O3S. The first-order valence-corrected chi connectivity index (χ1v) is 5.88. The van der Waals surface area contributed by atoms with E-state index < -0.39 is 16.5 Å². The third-order valence-electron chi connectivity index (χ3n) is 2.26. The second-order valence-corrected chi connectivity index (χ2v) is 4.46. The highest BCUT2D eigenvalue weighted by atomic mass is 32.1. The van der Waals surface area contributed by atoms with Gasteiger partial charge in [0.1, 0.15) is 0 Å². The summed E-state index contributed by atoms with van der Waals surface area (Å²) in [6, 6.07) is 5.40. The lowest BCUT2D eigenvalue weighted by Gasteiger charge is -2.05. The summed E-state index contributed by atoms with van der Waals surface area (Å²) in [7, 11) is 0. The van der Waals surface area contributed by atoms with Crippen LogP contribution in [-0.2, 0) is 6.54 Å². The highest BCUT2D eigenvalue weighted by Crippen LogP contribution is 2.24. The smallest absolute Gasteiger partial charge is 0.324 e. The fourth-order valence-electron chi connectivity index (χ4n) is 1.37. The van der Waals surface area contributed by atoms with E-state index in [-0.39, 0.29) is 5.00 Å². The van der Waals surface area contributed by atoms with Crippen molar-refractivity contribution in [2.45, 2.75) is 6.54 Å². The summed E-state index contributed by atoms with van der Waals surface area (Å²) >= 11 is 1.05. The Morgan fingerprint density at radius 1 is 1.44 bits per heavy atom. The van der Waals surface area contributed by atoms with Crippen LogP contribution in [-0.4, -0.2) is 10.0 Å². The largest absolute Gasteiger partial charge is 0.505 e. The van der Waals surface area contributed by atoms with Crippen LogP contribution in [0.25, 0.3) is 0 Å². The molecule has 2 rings (SSSR count). The predicted octanol–water partition coefficient (Wildman–Crippen LogP) is 3.11. The Labute approximate surface area is 106 Å². The van der Waals surface area contributed by atoms with E-state index >= 15 is 0 Å². The lowest BCUT2D eigenvalue weighted by molar-refractivity contribution is -0.380. The van der Waals surface area contributed by atoms with Crippen LogP contribution in [0, 0.1) is 15.9 Å². The number of anilines is 1. The fourth-order valence-corrected chi connectivity index (χ4v) is 2.10. The number of nitrogens with one attached hydrogen (secondary N) is 1. The lowest BCUT2D eigenvalue weighted by Crippen LogP contribution is -1.98. The van der Waals surface area contributed by atoms with E-state index in [1.807, 2.05) is 0 Å². The van der Waals surface area contributed by atoms with Gasteiger partial charge in [-0.25, -0.2) is 4.39 Å². The van der Waals surface area contributed by atoms with Gasteiger partial charge in [-0.05, 0) is 17.7 Å². The van der Waals surface area contributed by atoms with E-state index in [0.29, 0.717) is 12.2 Å². The van der Waals surface area contributed by atoms with Crippen LogP contribution in [0.1, 0.15) is 5.56 Å². The molecule has 5 nitrogen and oxygen atoms in total. The number of benzene rings is 1. The number of halogens is 1. The third-order valence-corrected chi connectivity index (χ3v) is 3.19. The van der Waals surface area contributed by atoms with Crippen molar-refractivity contribution in [1.29, 1.82) is 0 Å². The molecule has 0 atom stereocenters. The summed E-state index contributed by atoms with van der Waals surface area (Å²) in [4.78, 5) is 10.0. The van der Waals surface area contributed by atoms with E-state index in [0.717, 1.165) is 23.0 Å². The molecule has 1 aromatic carbocycles. The number of hydrogen-bond donors (Lipinski definition) is 2. The molecule has 1 heterocycles. The average Bonchev–Trinajstić information content (AvgIpc) is 2.79. The van der Waals surface area contributed by atoms with Gasteiger partial charge in [0, 0.05) is 29.7 Å². The molecular weight excluding hydrogens is 259 g/mol. The Bertz CT molecular complexity index is 585. The van der Waals surface area contributed by atoms with E-state index in [1.165, 1.54) is 18.2 Å². The molecule has 1 aromatic heterocycles. The Kier molecular flexibility index (Phi) is 3.42. The number of rotatable bonds is 4. The van der Waals surface area contributed by atoms with E-state index in [9.17, 15) is 14.5 Å². The summed E-state index contributed by atoms with van der Waals surface area (Å²) in [5.74, 6) is -1.12. The minimum absolute atomic E-state index is 0.0729. The van der Waals surface area contributed by atoms with Gasteiger partial charge in [0.15, 0.2) is 11.6 Å². The quantitative estimate of drug-likeness (QED) is 0.507. The van der Waals surface area contributed by atoms with E-state index in [2.05, 4.69) is 5.32 Å². The molecule has 0 aliphatic heterocycles. The number of hydrogen-bond acceptors (Lipinski definition) is 5. The molecule has 0 amide bonds. The topological polar surface area (TPSA) is 75.4 Å². The van der Waals surface area contributed by atoms with Gasteiger partial charge in [0.05, 0.1) is 4.92 Å². The Balaban J connectivity index is 2.02. The van der Waals surface area contributed by atoms with Gasteiger partial charge in [-0.2, -0.15) is 0 Å². The van der Waals surface area contributed by atoms with Crippen molar-refractivity contribution in [2.24, 2.45) is 0 Å². The zero-order chi connectivity index (χ0) is 13.1. The predicted molar refractivity (Wildman–Crippen MR) is 66.4 cm³/mol. The van der Waals surface area contributed by atoms with Gasteiger partial charge in [-0.1, -0.05) is 11.3 Å². The van der Waals surface area contributed by atoms with Crippen LogP contribution in [0.2, 0.25) is 0 Å². The molecule has 94 valence electrons. The van der Waals surface area contributed by atoms with Crippen LogP contribution >= 0.6 is 11.3 Å². The van der Waals surface area contributed by atoms with Gasteiger partial charge in [-0.3, -0.25) is 10.1 Å². The minimum Gasteiger partial charge on any atom is -0.505 e. The Hall–Kier alpha value is -2.15. The third kappa shape index (κ3) is 2.75. The van der Waals surface area contributed by atoms with Gasteiger partial charge < -0.3 is 10.4 Å². The average molecular weight is 268 g/mol. The Morgan fingerprint density at radius 2 is 2.22 bits per heavy atom. The van der Waals surface area contributed by atoms with E-state index in [1.54, 1.807) is 5.38 Å². The molecule has 0 aliphatic carbocycles. The molecule has 0 spiro atoms. The summed E-state index contributed by atoms with van der Waals surface area (Å²) in [5.41, 5.74) is 1.25. The molecule has 2 aromatic rings. The van der Waals surface area contributed by atoms with Gasteiger partial charge >= 0.3 is 5.00 Å². The molecule has 0 aliphatic rings. The second kappa shape index (κ2) is 5.01. The molecule has 7 heteroatoms. The molecule has 0 radical (unpaired) electrons. The molecule has 0 fully saturated rings. The first kappa shape index (κ1) is 12.3. The van der Waals surface area contributed by atoms with Gasteiger partial charge in [0.2, 0.25) is 0 Å². The van der Waals surface area contributed by atoms with Crippen molar-refractivity contribution in [1.82, 2.24) is 0 Å². The number of nitro groups is 1.